The molecule has 5 heteroatoms. The standard InChI is InChI=1S/C21H24F3NO/c1-12-10-15(22)4-5-16(12)18-11-25-9-8-20(18)26-14(3)17-6-7-19(23)21(24)13(17)2/h4-7,10,14,18,20,25H,8-9,11H2,1-3H3. The van der Waals surface area contributed by atoms with Crippen LogP contribution in [0.15, 0.2) is 30.3 Å². The Hall–Kier alpha value is -1.85. The van der Waals surface area contributed by atoms with Gasteiger partial charge in [-0.1, -0.05) is 12.1 Å². The zero-order valence-corrected chi connectivity index (χ0v) is 15.3. The second kappa shape index (κ2) is 7.80. The molecular weight excluding hydrogens is 339 g/mol. The van der Waals surface area contributed by atoms with Crippen LogP contribution in [-0.4, -0.2) is 19.2 Å². The molecule has 2 aromatic carbocycles. The van der Waals surface area contributed by atoms with Gasteiger partial charge in [-0.2, -0.15) is 0 Å². The van der Waals surface area contributed by atoms with Crippen LogP contribution in [0, 0.1) is 31.3 Å². The molecule has 26 heavy (non-hydrogen) atoms. The largest absolute Gasteiger partial charge is 0.370 e. The number of piperidine rings is 1. The molecule has 0 aromatic heterocycles. The summed E-state index contributed by atoms with van der Waals surface area (Å²) in [4.78, 5) is 0. The van der Waals surface area contributed by atoms with E-state index >= 15 is 0 Å². The van der Waals surface area contributed by atoms with Crippen LogP contribution in [0.25, 0.3) is 0 Å². The van der Waals surface area contributed by atoms with E-state index in [1.807, 2.05) is 19.9 Å². The number of nitrogens with one attached hydrogen (secondary N) is 1. The molecule has 1 heterocycles. The maximum absolute atomic E-state index is 13.9. The van der Waals surface area contributed by atoms with Gasteiger partial charge in [0.25, 0.3) is 0 Å². The second-order valence-electron chi connectivity index (χ2n) is 6.99. The Bertz CT molecular complexity index is 793. The molecule has 2 aromatic rings. The molecule has 3 unspecified atom stereocenters. The first-order chi connectivity index (χ1) is 12.4. The smallest absolute Gasteiger partial charge is 0.162 e. The van der Waals surface area contributed by atoms with E-state index in [9.17, 15) is 13.2 Å². The molecule has 0 spiro atoms. The Morgan fingerprint density at radius 1 is 1.12 bits per heavy atom. The zero-order valence-electron chi connectivity index (χ0n) is 15.3. The van der Waals surface area contributed by atoms with Gasteiger partial charge in [0.15, 0.2) is 11.6 Å². The minimum absolute atomic E-state index is 0.0806. The van der Waals surface area contributed by atoms with Crippen molar-refractivity contribution < 1.29 is 17.9 Å². The highest BCUT2D eigenvalue weighted by atomic mass is 19.2. The lowest BCUT2D eigenvalue weighted by molar-refractivity contribution is -0.0311. The average molecular weight is 363 g/mol. The predicted octanol–water partition coefficient (Wildman–Crippen LogP) is 4.94. The Labute approximate surface area is 152 Å². The van der Waals surface area contributed by atoms with Gasteiger partial charge in [-0.25, -0.2) is 13.2 Å². The molecule has 3 atom stereocenters. The maximum Gasteiger partial charge on any atom is 0.162 e. The highest BCUT2D eigenvalue weighted by Gasteiger charge is 2.30. The van der Waals surface area contributed by atoms with Crippen molar-refractivity contribution in [2.24, 2.45) is 0 Å². The number of rotatable bonds is 4. The van der Waals surface area contributed by atoms with Gasteiger partial charge in [-0.3, -0.25) is 0 Å². The molecule has 3 rings (SSSR count). The average Bonchev–Trinajstić information content (AvgIpc) is 2.60. The van der Waals surface area contributed by atoms with Crippen molar-refractivity contribution in [2.45, 2.75) is 45.3 Å². The highest BCUT2D eigenvalue weighted by molar-refractivity contribution is 5.32. The van der Waals surface area contributed by atoms with Crippen molar-refractivity contribution in [1.82, 2.24) is 5.32 Å². The molecule has 1 N–H and O–H groups in total. The van der Waals surface area contributed by atoms with Gasteiger partial charge >= 0.3 is 0 Å². The summed E-state index contributed by atoms with van der Waals surface area (Å²) >= 11 is 0. The molecule has 0 aliphatic carbocycles. The number of aryl methyl sites for hydroxylation is 1. The normalized spacial score (nSPS) is 21.6. The van der Waals surface area contributed by atoms with E-state index in [4.69, 9.17) is 4.74 Å². The summed E-state index contributed by atoms with van der Waals surface area (Å²) in [5.41, 5.74) is 2.87. The minimum atomic E-state index is -0.847. The van der Waals surface area contributed by atoms with E-state index in [1.165, 1.54) is 12.1 Å². The van der Waals surface area contributed by atoms with E-state index in [0.717, 1.165) is 36.7 Å². The van der Waals surface area contributed by atoms with Crippen LogP contribution >= 0.6 is 0 Å². The summed E-state index contributed by atoms with van der Waals surface area (Å²) in [6.07, 6.45) is 0.355. The molecule has 140 valence electrons. The van der Waals surface area contributed by atoms with Crippen molar-refractivity contribution >= 4 is 0 Å². The molecule has 0 amide bonds. The summed E-state index contributed by atoms with van der Waals surface area (Å²) in [6.45, 7) is 6.88. The molecule has 2 nitrogen and oxygen atoms in total. The Morgan fingerprint density at radius 3 is 2.62 bits per heavy atom. The van der Waals surface area contributed by atoms with Crippen molar-refractivity contribution in [3.63, 3.8) is 0 Å². The fraction of sp³-hybridized carbons (Fsp3) is 0.429. The van der Waals surface area contributed by atoms with E-state index in [-0.39, 0.29) is 29.5 Å². The van der Waals surface area contributed by atoms with Gasteiger partial charge in [-0.05, 0) is 74.2 Å². The third kappa shape index (κ3) is 3.79. The molecule has 0 radical (unpaired) electrons. The quantitative estimate of drug-likeness (QED) is 0.830. The van der Waals surface area contributed by atoms with Crippen molar-refractivity contribution in [3.8, 4) is 0 Å². The Kier molecular flexibility index (Phi) is 5.68. The van der Waals surface area contributed by atoms with Crippen LogP contribution in [0.2, 0.25) is 0 Å². The zero-order chi connectivity index (χ0) is 18.8. The Morgan fingerprint density at radius 2 is 1.88 bits per heavy atom. The van der Waals surface area contributed by atoms with Crippen LogP contribution < -0.4 is 5.32 Å². The first kappa shape index (κ1) is 18.9. The van der Waals surface area contributed by atoms with Crippen molar-refractivity contribution in [3.05, 3.63) is 70.0 Å². The second-order valence-corrected chi connectivity index (χ2v) is 6.99. The maximum atomic E-state index is 13.9. The van der Waals surface area contributed by atoms with Gasteiger partial charge in [0.05, 0.1) is 12.2 Å². The number of halogens is 3. The van der Waals surface area contributed by atoms with Crippen LogP contribution in [0.4, 0.5) is 13.2 Å². The van der Waals surface area contributed by atoms with Gasteiger partial charge in [-0.15, -0.1) is 0 Å². The van der Waals surface area contributed by atoms with Crippen LogP contribution in [-0.2, 0) is 4.74 Å². The SMILES string of the molecule is Cc1cc(F)ccc1C1CNCCC1OC(C)c1ccc(F)c(F)c1C. The van der Waals surface area contributed by atoms with E-state index in [2.05, 4.69) is 5.32 Å². The number of hydrogen-bond acceptors (Lipinski definition) is 2. The van der Waals surface area contributed by atoms with E-state index in [0.29, 0.717) is 5.56 Å². The summed E-state index contributed by atoms with van der Waals surface area (Å²) in [5, 5.41) is 3.36. The molecule has 1 fully saturated rings. The van der Waals surface area contributed by atoms with Crippen LogP contribution in [0.5, 0.6) is 0 Å². The fourth-order valence-electron chi connectivity index (χ4n) is 3.81. The predicted molar refractivity (Wildman–Crippen MR) is 95.7 cm³/mol. The summed E-state index contributed by atoms with van der Waals surface area (Å²) in [6, 6.07) is 7.53. The lowest BCUT2D eigenvalue weighted by Crippen LogP contribution is -2.40. The molecular formula is C21H24F3NO. The summed E-state index contributed by atoms with van der Waals surface area (Å²) in [5.74, 6) is -1.84. The third-order valence-electron chi connectivity index (χ3n) is 5.25. The van der Waals surface area contributed by atoms with Crippen molar-refractivity contribution in [1.29, 1.82) is 0 Å². The lowest BCUT2D eigenvalue weighted by atomic mass is 9.86. The lowest BCUT2D eigenvalue weighted by Gasteiger charge is -2.35. The number of ether oxygens (including phenoxy) is 1. The molecule has 1 aliphatic heterocycles. The molecule has 1 aliphatic rings. The topological polar surface area (TPSA) is 21.3 Å². The van der Waals surface area contributed by atoms with Gasteiger partial charge in [0, 0.05) is 12.5 Å². The molecule has 0 saturated carbocycles. The monoisotopic (exact) mass is 363 g/mol. The first-order valence-corrected chi connectivity index (χ1v) is 8.95. The number of benzene rings is 2. The van der Waals surface area contributed by atoms with Gasteiger partial charge in [0.2, 0.25) is 0 Å². The summed E-state index contributed by atoms with van der Waals surface area (Å²) < 4.78 is 47.0. The van der Waals surface area contributed by atoms with Crippen LogP contribution in [0.3, 0.4) is 0 Å². The Balaban J connectivity index is 1.83. The van der Waals surface area contributed by atoms with Crippen molar-refractivity contribution in [2.75, 3.05) is 13.1 Å². The number of hydrogen-bond donors (Lipinski definition) is 1. The van der Waals surface area contributed by atoms with Gasteiger partial charge < -0.3 is 10.1 Å². The fourth-order valence-corrected chi connectivity index (χ4v) is 3.81. The summed E-state index contributed by atoms with van der Waals surface area (Å²) in [7, 11) is 0. The van der Waals surface area contributed by atoms with Crippen LogP contribution in [0.1, 0.15) is 47.6 Å². The third-order valence-corrected chi connectivity index (χ3v) is 5.25. The molecule has 1 saturated heterocycles. The molecule has 0 bridgehead atoms. The van der Waals surface area contributed by atoms with E-state index < -0.39 is 11.6 Å². The first-order valence-electron chi connectivity index (χ1n) is 8.95. The van der Waals surface area contributed by atoms with E-state index in [1.54, 1.807) is 13.0 Å². The highest BCUT2D eigenvalue weighted by Crippen LogP contribution is 2.33. The van der Waals surface area contributed by atoms with Gasteiger partial charge in [0.1, 0.15) is 5.82 Å². The minimum Gasteiger partial charge on any atom is -0.370 e.